The highest BCUT2D eigenvalue weighted by Gasteiger charge is 2.42. The first-order valence-electron chi connectivity index (χ1n) is 5.89. The number of nitriles is 1. The fourth-order valence-corrected chi connectivity index (χ4v) is 2.29. The number of likely N-dealkylation sites (tertiary alicyclic amines) is 1. The van der Waals surface area contributed by atoms with Gasteiger partial charge in [-0.3, -0.25) is 4.79 Å². The first-order chi connectivity index (χ1) is 9.04. The SMILES string of the molecule is Cn1nnc2c(C(=O)N3CC(C)(C#N)C3)ccnc21. The highest BCUT2D eigenvalue weighted by Crippen LogP contribution is 2.30. The largest absolute Gasteiger partial charge is 0.335 e. The van der Waals surface area contributed by atoms with Crippen molar-refractivity contribution in [2.45, 2.75) is 6.92 Å². The Labute approximate surface area is 109 Å². The van der Waals surface area contributed by atoms with E-state index >= 15 is 0 Å². The van der Waals surface area contributed by atoms with Gasteiger partial charge in [0.2, 0.25) is 0 Å². The number of fused-ring (bicyclic) bond motifs is 1. The molecule has 1 aliphatic rings. The van der Waals surface area contributed by atoms with Crippen LogP contribution in [0.2, 0.25) is 0 Å². The smallest absolute Gasteiger partial charge is 0.256 e. The lowest BCUT2D eigenvalue weighted by atomic mass is 9.83. The topological polar surface area (TPSA) is 87.7 Å². The third-order valence-corrected chi connectivity index (χ3v) is 3.36. The molecule has 2 aromatic heterocycles. The fourth-order valence-electron chi connectivity index (χ4n) is 2.29. The van der Waals surface area contributed by atoms with E-state index in [1.165, 1.54) is 4.68 Å². The van der Waals surface area contributed by atoms with Gasteiger partial charge in [-0.15, -0.1) is 5.10 Å². The number of hydrogen-bond acceptors (Lipinski definition) is 5. The summed E-state index contributed by atoms with van der Waals surface area (Å²) in [7, 11) is 1.73. The van der Waals surface area contributed by atoms with Crippen molar-refractivity contribution in [2.75, 3.05) is 13.1 Å². The summed E-state index contributed by atoms with van der Waals surface area (Å²) in [5.74, 6) is -0.124. The second kappa shape index (κ2) is 3.75. The molecular weight excluding hydrogens is 244 g/mol. The fraction of sp³-hybridized carbons (Fsp3) is 0.417. The molecule has 7 nitrogen and oxygen atoms in total. The van der Waals surface area contributed by atoms with Gasteiger partial charge < -0.3 is 4.90 Å². The summed E-state index contributed by atoms with van der Waals surface area (Å²) < 4.78 is 1.53. The summed E-state index contributed by atoms with van der Waals surface area (Å²) in [6.07, 6.45) is 1.57. The first kappa shape index (κ1) is 11.6. The molecule has 0 bridgehead atoms. The van der Waals surface area contributed by atoms with Gasteiger partial charge in [0, 0.05) is 26.3 Å². The molecule has 0 aromatic carbocycles. The average molecular weight is 256 g/mol. The van der Waals surface area contributed by atoms with Crippen LogP contribution in [0.3, 0.4) is 0 Å². The lowest BCUT2D eigenvalue weighted by molar-refractivity contribution is 0.0370. The molecule has 1 aliphatic heterocycles. The zero-order chi connectivity index (χ0) is 13.6. The van der Waals surface area contributed by atoms with E-state index in [1.54, 1.807) is 24.2 Å². The van der Waals surface area contributed by atoms with E-state index in [0.717, 1.165) is 0 Å². The maximum atomic E-state index is 12.4. The van der Waals surface area contributed by atoms with Gasteiger partial charge >= 0.3 is 0 Å². The van der Waals surface area contributed by atoms with Crippen molar-refractivity contribution >= 4 is 17.1 Å². The number of hydrogen-bond donors (Lipinski definition) is 0. The second-order valence-corrected chi connectivity index (χ2v) is 5.08. The molecule has 1 amide bonds. The molecule has 3 rings (SSSR count). The zero-order valence-electron chi connectivity index (χ0n) is 10.7. The second-order valence-electron chi connectivity index (χ2n) is 5.08. The number of carbonyl (C=O) groups excluding carboxylic acids is 1. The molecule has 0 aliphatic carbocycles. The van der Waals surface area contributed by atoms with Crippen LogP contribution in [0.5, 0.6) is 0 Å². The van der Waals surface area contributed by atoms with Gasteiger partial charge in [-0.25, -0.2) is 9.67 Å². The maximum absolute atomic E-state index is 12.4. The van der Waals surface area contributed by atoms with Crippen molar-refractivity contribution in [1.82, 2.24) is 24.9 Å². The molecule has 3 heterocycles. The lowest BCUT2D eigenvalue weighted by Gasteiger charge is -2.43. The highest BCUT2D eigenvalue weighted by molar-refractivity contribution is 6.04. The molecule has 1 saturated heterocycles. The summed E-state index contributed by atoms with van der Waals surface area (Å²) in [5, 5.41) is 16.8. The van der Waals surface area contributed by atoms with Crippen LogP contribution in [0.1, 0.15) is 17.3 Å². The number of carbonyl (C=O) groups is 1. The molecular formula is C12H12N6O. The van der Waals surface area contributed by atoms with Crippen molar-refractivity contribution in [1.29, 1.82) is 5.26 Å². The standard InChI is InChI=1S/C12H12N6O/c1-12(5-13)6-18(7-12)11(19)8-3-4-14-10-9(8)15-16-17(10)2/h3-4H,6-7H2,1-2H3. The summed E-state index contributed by atoms with van der Waals surface area (Å²) in [5.41, 5.74) is 1.14. The van der Waals surface area contributed by atoms with Crippen molar-refractivity contribution < 1.29 is 4.79 Å². The van der Waals surface area contributed by atoms with Crippen LogP contribution < -0.4 is 0 Å². The number of amides is 1. The third kappa shape index (κ3) is 1.64. The van der Waals surface area contributed by atoms with E-state index in [0.29, 0.717) is 29.8 Å². The Hall–Kier alpha value is -2.49. The Morgan fingerprint density at radius 2 is 2.26 bits per heavy atom. The van der Waals surface area contributed by atoms with E-state index < -0.39 is 5.41 Å². The number of aryl methyl sites for hydroxylation is 1. The quantitative estimate of drug-likeness (QED) is 0.734. The molecule has 1 fully saturated rings. The molecule has 0 N–H and O–H groups in total. The minimum Gasteiger partial charge on any atom is -0.335 e. The van der Waals surface area contributed by atoms with Crippen molar-refractivity contribution in [2.24, 2.45) is 12.5 Å². The van der Waals surface area contributed by atoms with Crippen molar-refractivity contribution in [3.63, 3.8) is 0 Å². The summed E-state index contributed by atoms with van der Waals surface area (Å²) in [4.78, 5) is 18.2. The van der Waals surface area contributed by atoms with E-state index in [1.807, 2.05) is 6.92 Å². The Kier molecular flexibility index (Phi) is 2.29. The van der Waals surface area contributed by atoms with Gasteiger partial charge in [0.25, 0.3) is 5.91 Å². The van der Waals surface area contributed by atoms with Crippen molar-refractivity contribution in [3.05, 3.63) is 17.8 Å². The highest BCUT2D eigenvalue weighted by atomic mass is 16.2. The van der Waals surface area contributed by atoms with E-state index in [9.17, 15) is 4.79 Å². The predicted octanol–water partition coefficient (Wildman–Crippen LogP) is 0.349. The Morgan fingerprint density at radius 3 is 2.95 bits per heavy atom. The Balaban J connectivity index is 1.94. The average Bonchev–Trinajstić information content (AvgIpc) is 2.76. The molecule has 0 saturated carbocycles. The summed E-state index contributed by atoms with van der Waals surface area (Å²) in [6.45, 7) is 2.75. The van der Waals surface area contributed by atoms with Crippen molar-refractivity contribution in [3.8, 4) is 6.07 Å². The van der Waals surface area contributed by atoms with Crippen LogP contribution in [0.15, 0.2) is 12.3 Å². The predicted molar refractivity (Wildman–Crippen MR) is 65.9 cm³/mol. The lowest BCUT2D eigenvalue weighted by Crippen LogP contribution is -2.56. The normalized spacial score (nSPS) is 17.0. The summed E-state index contributed by atoms with van der Waals surface area (Å²) >= 11 is 0. The maximum Gasteiger partial charge on any atom is 0.256 e. The molecule has 0 radical (unpaired) electrons. The van der Waals surface area contributed by atoms with E-state index in [-0.39, 0.29) is 5.91 Å². The molecule has 7 heteroatoms. The van der Waals surface area contributed by atoms with Crippen LogP contribution in [0, 0.1) is 16.7 Å². The summed E-state index contributed by atoms with van der Waals surface area (Å²) in [6, 6.07) is 3.86. The third-order valence-electron chi connectivity index (χ3n) is 3.36. The number of rotatable bonds is 1. The number of nitrogens with zero attached hydrogens (tertiary/aromatic N) is 6. The van der Waals surface area contributed by atoms with Crippen LogP contribution in [0.25, 0.3) is 11.2 Å². The van der Waals surface area contributed by atoms with Gasteiger partial charge in [-0.05, 0) is 13.0 Å². The molecule has 19 heavy (non-hydrogen) atoms. The van der Waals surface area contributed by atoms with Crippen LogP contribution in [-0.2, 0) is 7.05 Å². The van der Waals surface area contributed by atoms with Crippen LogP contribution >= 0.6 is 0 Å². The minimum absolute atomic E-state index is 0.124. The van der Waals surface area contributed by atoms with Crippen LogP contribution in [-0.4, -0.2) is 43.9 Å². The van der Waals surface area contributed by atoms with Gasteiger partial charge in [0.05, 0.1) is 17.0 Å². The molecule has 0 spiro atoms. The van der Waals surface area contributed by atoms with Gasteiger partial charge in [-0.1, -0.05) is 5.21 Å². The number of pyridine rings is 1. The van der Waals surface area contributed by atoms with Gasteiger partial charge in [-0.2, -0.15) is 5.26 Å². The zero-order valence-corrected chi connectivity index (χ0v) is 10.7. The molecule has 0 atom stereocenters. The number of aromatic nitrogens is 4. The van der Waals surface area contributed by atoms with Gasteiger partial charge in [0.15, 0.2) is 5.65 Å². The van der Waals surface area contributed by atoms with Crippen LogP contribution in [0.4, 0.5) is 0 Å². The minimum atomic E-state index is -0.426. The van der Waals surface area contributed by atoms with Gasteiger partial charge in [0.1, 0.15) is 5.52 Å². The van der Waals surface area contributed by atoms with E-state index in [4.69, 9.17) is 5.26 Å². The molecule has 0 unspecified atom stereocenters. The monoisotopic (exact) mass is 256 g/mol. The Bertz CT molecular complexity index is 707. The Morgan fingerprint density at radius 1 is 1.53 bits per heavy atom. The first-order valence-corrected chi connectivity index (χ1v) is 5.89. The molecule has 2 aromatic rings. The van der Waals surface area contributed by atoms with E-state index in [2.05, 4.69) is 21.4 Å². The molecule has 96 valence electrons.